The van der Waals surface area contributed by atoms with Crippen LogP contribution in [0.15, 0.2) is 24.4 Å². The van der Waals surface area contributed by atoms with Gasteiger partial charge in [-0.05, 0) is 37.8 Å². The maximum Gasteiger partial charge on any atom is 0.330 e. The zero-order valence-electron chi connectivity index (χ0n) is 17.3. The average Bonchev–Trinajstić information content (AvgIpc) is 2.79. The lowest BCUT2D eigenvalue weighted by atomic mass is 9.85. The second-order valence-electron chi connectivity index (χ2n) is 7.67. The van der Waals surface area contributed by atoms with Gasteiger partial charge in [0.15, 0.2) is 11.6 Å². The van der Waals surface area contributed by atoms with Gasteiger partial charge in [0, 0.05) is 24.8 Å². The van der Waals surface area contributed by atoms with E-state index in [9.17, 15) is 19.1 Å². The normalized spacial score (nSPS) is 20.9. The molecule has 2 aromatic rings. The molecule has 1 aromatic carbocycles. The van der Waals surface area contributed by atoms with Crippen LogP contribution >= 0.6 is 0 Å². The first-order valence-corrected chi connectivity index (χ1v) is 10.1. The summed E-state index contributed by atoms with van der Waals surface area (Å²) in [5, 5.41) is 12.2. The van der Waals surface area contributed by atoms with Crippen LogP contribution in [0.3, 0.4) is 0 Å². The number of methoxy groups -OCH3 is 1. The minimum atomic E-state index is -0.816. The average molecular weight is 429 g/mol. The number of ether oxygens (including phenoxy) is 1. The Hall–Kier alpha value is -3.43. The number of rotatable bonds is 5. The van der Waals surface area contributed by atoms with Crippen LogP contribution < -0.4 is 19.9 Å². The molecule has 0 saturated heterocycles. The molecule has 0 unspecified atom stereocenters. The van der Waals surface area contributed by atoms with Gasteiger partial charge in [0.2, 0.25) is 5.95 Å². The smallest absolute Gasteiger partial charge is 0.330 e. The molecule has 0 bridgehead atoms. The third-order valence-electron chi connectivity index (χ3n) is 5.92. The van der Waals surface area contributed by atoms with E-state index >= 15 is 0 Å². The molecule has 0 radical (unpaired) electrons. The Morgan fingerprint density at radius 3 is 2.68 bits per heavy atom. The van der Waals surface area contributed by atoms with Crippen molar-refractivity contribution >= 4 is 29.5 Å². The maximum atomic E-state index is 15.0. The van der Waals surface area contributed by atoms with Crippen molar-refractivity contribution in [1.82, 2.24) is 9.97 Å². The molecule has 0 atom stereocenters. The number of aliphatic carboxylic acids is 1. The standard InChI is InChI=1S/C21H24FN5O4/c1-23-20-24-10-13-11-26(15-4-3-5-16(31-2)17(15)22)21(30)27(18(13)25-20)14-8-6-12(7-9-14)19(28)29/h3-5,10,12,14H,6-9,11H2,1-2H3,(H,28,29)(H,23,24,25). The van der Waals surface area contributed by atoms with Crippen molar-refractivity contribution < 1.29 is 23.8 Å². The van der Waals surface area contributed by atoms with Gasteiger partial charge in [0.25, 0.3) is 0 Å². The number of hydrogen-bond acceptors (Lipinski definition) is 6. The number of aromatic nitrogens is 2. The summed E-state index contributed by atoms with van der Waals surface area (Å²) in [5.41, 5.74) is 0.790. The number of urea groups is 1. The van der Waals surface area contributed by atoms with Crippen molar-refractivity contribution in [1.29, 1.82) is 0 Å². The number of fused-ring (bicyclic) bond motifs is 1. The van der Waals surface area contributed by atoms with E-state index in [1.54, 1.807) is 24.2 Å². The Morgan fingerprint density at radius 1 is 1.29 bits per heavy atom. The minimum absolute atomic E-state index is 0.0476. The van der Waals surface area contributed by atoms with Crippen molar-refractivity contribution in [3.63, 3.8) is 0 Å². The summed E-state index contributed by atoms with van der Waals surface area (Å²) in [6.45, 7) is 0.114. The van der Waals surface area contributed by atoms with Crippen LogP contribution in [0.5, 0.6) is 5.75 Å². The number of amides is 2. The van der Waals surface area contributed by atoms with Crippen molar-refractivity contribution in [2.45, 2.75) is 38.3 Å². The van der Waals surface area contributed by atoms with Crippen LogP contribution in [-0.4, -0.2) is 47.3 Å². The highest BCUT2D eigenvalue weighted by atomic mass is 19.1. The Labute approximate surface area is 178 Å². The third kappa shape index (κ3) is 3.73. The zero-order chi connectivity index (χ0) is 22.1. The van der Waals surface area contributed by atoms with Gasteiger partial charge in [-0.1, -0.05) is 6.07 Å². The second kappa shape index (κ2) is 8.37. The van der Waals surface area contributed by atoms with Gasteiger partial charge in [0.1, 0.15) is 5.82 Å². The largest absolute Gasteiger partial charge is 0.494 e. The number of carbonyl (C=O) groups is 2. The van der Waals surface area contributed by atoms with Gasteiger partial charge < -0.3 is 15.2 Å². The molecule has 9 nitrogen and oxygen atoms in total. The molecular weight excluding hydrogens is 405 g/mol. The highest BCUT2D eigenvalue weighted by molar-refractivity contribution is 6.06. The van der Waals surface area contributed by atoms with E-state index in [4.69, 9.17) is 4.74 Å². The molecule has 1 aromatic heterocycles. The van der Waals surface area contributed by atoms with Crippen LogP contribution in [0.2, 0.25) is 0 Å². The molecule has 1 aliphatic carbocycles. The molecule has 31 heavy (non-hydrogen) atoms. The fourth-order valence-corrected chi connectivity index (χ4v) is 4.26. The number of anilines is 3. The van der Waals surface area contributed by atoms with Crippen LogP contribution in [0.25, 0.3) is 0 Å². The lowest BCUT2D eigenvalue weighted by molar-refractivity contribution is -0.142. The van der Waals surface area contributed by atoms with Crippen LogP contribution in [0.1, 0.15) is 31.2 Å². The molecule has 1 fully saturated rings. The number of carboxylic acid groups (broad SMARTS) is 1. The summed E-state index contributed by atoms with van der Waals surface area (Å²) in [6, 6.07) is 4.01. The van der Waals surface area contributed by atoms with Gasteiger partial charge in [-0.15, -0.1) is 0 Å². The van der Waals surface area contributed by atoms with Gasteiger partial charge in [-0.3, -0.25) is 14.6 Å². The Balaban J connectivity index is 1.74. The summed E-state index contributed by atoms with van der Waals surface area (Å²) in [5.74, 6) is -0.959. The highest BCUT2D eigenvalue weighted by Gasteiger charge is 2.40. The maximum absolute atomic E-state index is 15.0. The third-order valence-corrected chi connectivity index (χ3v) is 5.92. The van der Waals surface area contributed by atoms with Crippen LogP contribution in [-0.2, 0) is 11.3 Å². The van der Waals surface area contributed by atoms with Gasteiger partial charge in [0.05, 0.1) is 25.3 Å². The molecule has 4 rings (SSSR count). The number of nitrogens with one attached hydrogen (secondary N) is 1. The Bertz CT molecular complexity index is 1010. The zero-order valence-corrected chi connectivity index (χ0v) is 17.3. The minimum Gasteiger partial charge on any atom is -0.494 e. The summed E-state index contributed by atoms with van der Waals surface area (Å²) < 4.78 is 20.1. The quantitative estimate of drug-likeness (QED) is 0.751. The summed E-state index contributed by atoms with van der Waals surface area (Å²) in [7, 11) is 3.06. The predicted octanol–water partition coefficient (Wildman–Crippen LogP) is 3.26. The lowest BCUT2D eigenvalue weighted by Gasteiger charge is -2.42. The molecule has 2 aliphatic rings. The first kappa shape index (κ1) is 20.8. The molecule has 10 heteroatoms. The van der Waals surface area contributed by atoms with E-state index in [2.05, 4.69) is 15.3 Å². The number of benzene rings is 1. The number of carboxylic acids is 1. The van der Waals surface area contributed by atoms with E-state index in [1.807, 2.05) is 0 Å². The van der Waals surface area contributed by atoms with Crippen LogP contribution in [0, 0.1) is 11.7 Å². The molecule has 2 N–H and O–H groups in total. The first-order valence-electron chi connectivity index (χ1n) is 10.1. The molecule has 1 saturated carbocycles. The van der Waals surface area contributed by atoms with Crippen LogP contribution in [0.4, 0.5) is 26.6 Å². The first-order chi connectivity index (χ1) is 14.9. The predicted molar refractivity (Wildman–Crippen MR) is 112 cm³/mol. The molecule has 1 aliphatic heterocycles. The highest BCUT2D eigenvalue weighted by Crippen LogP contribution is 2.38. The SMILES string of the molecule is CNc1ncc2c(n1)N(C1CCC(C(=O)O)CC1)C(=O)N(c1cccc(OC)c1F)C2. The number of halogens is 1. The summed E-state index contributed by atoms with van der Waals surface area (Å²) >= 11 is 0. The monoisotopic (exact) mass is 429 g/mol. The molecule has 2 amide bonds. The van der Waals surface area contributed by atoms with Gasteiger partial charge in [-0.2, -0.15) is 4.98 Å². The van der Waals surface area contributed by atoms with Crippen molar-refractivity contribution in [3.8, 4) is 5.75 Å². The fraction of sp³-hybridized carbons (Fsp3) is 0.429. The fourth-order valence-electron chi connectivity index (χ4n) is 4.26. The topological polar surface area (TPSA) is 108 Å². The van der Waals surface area contributed by atoms with E-state index in [1.165, 1.54) is 24.1 Å². The van der Waals surface area contributed by atoms with E-state index in [-0.39, 0.29) is 24.0 Å². The van der Waals surface area contributed by atoms with Gasteiger partial charge >= 0.3 is 12.0 Å². The van der Waals surface area contributed by atoms with Crippen molar-refractivity contribution in [2.24, 2.45) is 5.92 Å². The van der Waals surface area contributed by atoms with Crippen molar-refractivity contribution in [3.05, 3.63) is 35.8 Å². The van der Waals surface area contributed by atoms with E-state index < -0.39 is 23.7 Å². The number of hydrogen-bond donors (Lipinski definition) is 2. The molecule has 0 spiro atoms. The van der Waals surface area contributed by atoms with Crippen molar-refractivity contribution in [2.75, 3.05) is 29.3 Å². The lowest BCUT2D eigenvalue weighted by Crippen LogP contribution is -2.53. The summed E-state index contributed by atoms with van der Waals surface area (Å²) in [6.07, 6.45) is 3.61. The molecule has 2 heterocycles. The molecular formula is C21H24FN5O4. The number of nitrogens with zero attached hydrogens (tertiary/aromatic N) is 4. The molecule has 164 valence electrons. The van der Waals surface area contributed by atoms with E-state index in [0.29, 0.717) is 43.0 Å². The van der Waals surface area contributed by atoms with Gasteiger partial charge in [-0.25, -0.2) is 14.2 Å². The second-order valence-corrected chi connectivity index (χ2v) is 7.67. The summed E-state index contributed by atoms with van der Waals surface area (Å²) in [4.78, 5) is 36.6. The Morgan fingerprint density at radius 2 is 2.03 bits per heavy atom. The number of carbonyl (C=O) groups excluding carboxylic acids is 1. The van der Waals surface area contributed by atoms with E-state index in [0.717, 1.165) is 0 Å². The Kier molecular flexibility index (Phi) is 5.62.